The number of carbonyl (C=O) groups is 2. The molecule has 7 N–H and O–H groups in total. The maximum atomic E-state index is 13.4. The second-order valence-corrected chi connectivity index (χ2v) is 9.16. The molecule has 0 radical (unpaired) electrons. The van der Waals surface area contributed by atoms with Gasteiger partial charge < -0.3 is 36.3 Å². The third-order valence-corrected chi connectivity index (χ3v) is 6.87. The van der Waals surface area contributed by atoms with Crippen molar-refractivity contribution in [2.24, 2.45) is 5.73 Å². The lowest BCUT2D eigenvalue weighted by atomic mass is 9.92. The summed E-state index contributed by atoms with van der Waals surface area (Å²) in [5, 5.41) is 14.2. The summed E-state index contributed by atoms with van der Waals surface area (Å²) >= 11 is 0. The first kappa shape index (κ1) is 28.4. The van der Waals surface area contributed by atoms with E-state index in [1.807, 2.05) is 18.7 Å². The first-order chi connectivity index (χ1) is 19.2. The molecule has 11 heteroatoms. The van der Waals surface area contributed by atoms with Crippen LogP contribution in [0, 0.1) is 0 Å². The van der Waals surface area contributed by atoms with Gasteiger partial charge in [0.2, 0.25) is 5.91 Å². The molecule has 11 nitrogen and oxygen atoms in total. The number of imidazole rings is 1. The molecule has 0 fully saturated rings. The van der Waals surface area contributed by atoms with Gasteiger partial charge in [-0.15, -0.1) is 0 Å². The van der Waals surface area contributed by atoms with E-state index in [0.29, 0.717) is 63.6 Å². The standard InChI is InChI=1S/C29H34N6O5/c1-5-35(6-2)25(26(36)28(38)32-17-11-12-20-21(15-17)34-29(31)33-20)16-13-22(39-3)24(23(14-16)40-4)18-9-7-8-10-19(18)27(30)37/h7-15,25-26,36H,5-6H2,1-4H3,(H2,30,37)(H,32,38)(H3,31,33,34). The Labute approximate surface area is 232 Å². The fraction of sp³-hybridized carbons (Fsp3) is 0.276. The Morgan fingerprint density at radius 2 is 1.70 bits per heavy atom. The van der Waals surface area contributed by atoms with Gasteiger partial charge in [-0.2, -0.15) is 0 Å². The summed E-state index contributed by atoms with van der Waals surface area (Å²) in [6.07, 6.45) is -1.46. The number of benzene rings is 3. The number of ether oxygens (including phenoxy) is 2. The van der Waals surface area contributed by atoms with E-state index >= 15 is 0 Å². The van der Waals surface area contributed by atoms with Crippen LogP contribution in [0.15, 0.2) is 54.6 Å². The number of aliphatic hydroxyl groups is 1. The number of likely N-dealkylation sites (N-methyl/N-ethyl adjacent to an activating group) is 1. The summed E-state index contributed by atoms with van der Waals surface area (Å²) in [5.74, 6) is -0.118. The number of fused-ring (bicyclic) bond motifs is 1. The third kappa shape index (κ3) is 5.56. The molecule has 4 aromatic rings. The van der Waals surface area contributed by atoms with Crippen LogP contribution in [0.3, 0.4) is 0 Å². The van der Waals surface area contributed by atoms with Crippen molar-refractivity contribution in [3.8, 4) is 22.6 Å². The van der Waals surface area contributed by atoms with Crippen molar-refractivity contribution in [2.45, 2.75) is 26.0 Å². The molecule has 0 aliphatic rings. The Hall–Kier alpha value is -4.61. The smallest absolute Gasteiger partial charge is 0.255 e. The van der Waals surface area contributed by atoms with Crippen LogP contribution in [0.1, 0.15) is 35.8 Å². The van der Waals surface area contributed by atoms with Crippen molar-refractivity contribution >= 4 is 34.5 Å². The predicted molar refractivity (Wildman–Crippen MR) is 154 cm³/mol. The molecule has 0 aliphatic carbocycles. The summed E-state index contributed by atoms with van der Waals surface area (Å²) < 4.78 is 11.5. The van der Waals surface area contributed by atoms with Crippen LogP contribution < -0.4 is 26.3 Å². The van der Waals surface area contributed by atoms with E-state index in [2.05, 4.69) is 15.3 Å². The number of aromatic amines is 1. The highest BCUT2D eigenvalue weighted by molar-refractivity contribution is 6.01. The lowest BCUT2D eigenvalue weighted by molar-refractivity contribution is -0.127. The van der Waals surface area contributed by atoms with E-state index in [4.69, 9.17) is 20.9 Å². The lowest BCUT2D eigenvalue weighted by Gasteiger charge is -2.33. The van der Waals surface area contributed by atoms with Crippen LogP contribution in [0.25, 0.3) is 22.2 Å². The highest BCUT2D eigenvalue weighted by atomic mass is 16.5. The summed E-state index contributed by atoms with van der Waals surface area (Å²) in [4.78, 5) is 34.6. The molecule has 0 saturated heterocycles. The number of nitrogen functional groups attached to an aromatic ring is 1. The van der Waals surface area contributed by atoms with E-state index in [1.165, 1.54) is 14.2 Å². The molecule has 0 aliphatic heterocycles. The van der Waals surface area contributed by atoms with Gasteiger partial charge in [0.25, 0.3) is 5.91 Å². The zero-order valence-electron chi connectivity index (χ0n) is 22.9. The number of hydrogen-bond acceptors (Lipinski definition) is 8. The van der Waals surface area contributed by atoms with Crippen molar-refractivity contribution in [1.82, 2.24) is 14.9 Å². The minimum atomic E-state index is -1.46. The number of nitrogens with two attached hydrogens (primary N) is 2. The van der Waals surface area contributed by atoms with Crippen LogP contribution in [-0.4, -0.2) is 65.2 Å². The summed E-state index contributed by atoms with van der Waals surface area (Å²) in [6, 6.07) is 14.8. The number of anilines is 2. The van der Waals surface area contributed by atoms with Gasteiger partial charge in [-0.05, 0) is 55.1 Å². The number of primary amides is 1. The number of rotatable bonds is 11. The van der Waals surface area contributed by atoms with Gasteiger partial charge in [0.1, 0.15) is 11.5 Å². The molecule has 210 valence electrons. The Morgan fingerprint density at radius 1 is 1.05 bits per heavy atom. The quantitative estimate of drug-likeness (QED) is 0.191. The van der Waals surface area contributed by atoms with Gasteiger partial charge >= 0.3 is 0 Å². The molecule has 40 heavy (non-hydrogen) atoms. The van der Waals surface area contributed by atoms with Crippen molar-refractivity contribution in [3.05, 3.63) is 65.7 Å². The number of H-pyrrole nitrogens is 1. The van der Waals surface area contributed by atoms with Crippen molar-refractivity contribution in [1.29, 1.82) is 0 Å². The maximum Gasteiger partial charge on any atom is 0.255 e. The highest BCUT2D eigenvalue weighted by Crippen LogP contribution is 2.43. The first-order valence-corrected chi connectivity index (χ1v) is 12.9. The van der Waals surface area contributed by atoms with Crippen molar-refractivity contribution in [2.75, 3.05) is 38.4 Å². The van der Waals surface area contributed by atoms with Gasteiger partial charge in [-0.1, -0.05) is 32.0 Å². The van der Waals surface area contributed by atoms with E-state index in [0.717, 1.165) is 0 Å². The minimum absolute atomic E-state index is 0.268. The molecule has 0 spiro atoms. The number of methoxy groups -OCH3 is 2. The number of aliphatic hydroxyl groups excluding tert-OH is 1. The topological polar surface area (TPSA) is 169 Å². The normalized spacial score (nSPS) is 12.8. The maximum absolute atomic E-state index is 13.4. The summed E-state index contributed by atoms with van der Waals surface area (Å²) in [6.45, 7) is 5.01. The number of hydrogen-bond donors (Lipinski definition) is 5. The van der Waals surface area contributed by atoms with Crippen LogP contribution in [0.2, 0.25) is 0 Å². The third-order valence-electron chi connectivity index (χ3n) is 6.87. The molecular weight excluding hydrogens is 512 g/mol. The van der Waals surface area contributed by atoms with Crippen LogP contribution in [0.5, 0.6) is 11.5 Å². The van der Waals surface area contributed by atoms with Crippen LogP contribution in [0.4, 0.5) is 11.6 Å². The molecule has 2 amide bonds. The van der Waals surface area contributed by atoms with E-state index in [9.17, 15) is 14.7 Å². The first-order valence-electron chi connectivity index (χ1n) is 12.9. The zero-order valence-corrected chi connectivity index (χ0v) is 22.9. The van der Waals surface area contributed by atoms with Gasteiger partial charge in [-0.25, -0.2) is 4.98 Å². The van der Waals surface area contributed by atoms with Gasteiger partial charge in [0, 0.05) is 16.8 Å². The Kier molecular flexibility index (Phi) is 8.56. The van der Waals surface area contributed by atoms with Gasteiger partial charge in [-0.3, -0.25) is 14.5 Å². The SMILES string of the molecule is CCN(CC)C(c1cc(OC)c(-c2ccccc2C(N)=O)c(OC)c1)C(O)C(=O)Nc1ccc2nc(N)[nH]c2c1. The second kappa shape index (κ2) is 12.1. The van der Waals surface area contributed by atoms with E-state index in [1.54, 1.807) is 54.6 Å². The van der Waals surface area contributed by atoms with Crippen molar-refractivity contribution < 1.29 is 24.2 Å². The largest absolute Gasteiger partial charge is 0.496 e. The fourth-order valence-corrected chi connectivity index (χ4v) is 4.96. The average molecular weight is 547 g/mol. The number of carbonyl (C=O) groups excluding carboxylic acids is 2. The molecule has 1 aromatic heterocycles. The Bertz CT molecular complexity index is 1510. The average Bonchev–Trinajstić information content (AvgIpc) is 3.33. The minimum Gasteiger partial charge on any atom is -0.496 e. The Morgan fingerprint density at radius 3 is 2.30 bits per heavy atom. The fourth-order valence-electron chi connectivity index (χ4n) is 4.96. The number of nitrogens with zero attached hydrogens (tertiary/aromatic N) is 2. The number of amides is 2. The number of aromatic nitrogens is 2. The molecule has 3 aromatic carbocycles. The Balaban J connectivity index is 1.76. The van der Waals surface area contributed by atoms with Crippen LogP contribution >= 0.6 is 0 Å². The monoisotopic (exact) mass is 546 g/mol. The van der Waals surface area contributed by atoms with E-state index < -0.39 is 24.0 Å². The lowest BCUT2D eigenvalue weighted by Crippen LogP contribution is -2.42. The summed E-state index contributed by atoms with van der Waals surface area (Å²) in [7, 11) is 3.01. The van der Waals surface area contributed by atoms with Gasteiger partial charge in [0.15, 0.2) is 12.1 Å². The van der Waals surface area contributed by atoms with Crippen molar-refractivity contribution in [3.63, 3.8) is 0 Å². The molecular formula is C29H34N6O5. The summed E-state index contributed by atoms with van der Waals surface area (Å²) in [5.41, 5.74) is 15.2. The predicted octanol–water partition coefficient (Wildman–Crippen LogP) is 3.31. The molecule has 0 bridgehead atoms. The molecule has 2 atom stereocenters. The molecule has 2 unspecified atom stereocenters. The van der Waals surface area contributed by atoms with E-state index in [-0.39, 0.29) is 5.95 Å². The van der Waals surface area contributed by atoms with Crippen LogP contribution in [-0.2, 0) is 4.79 Å². The second-order valence-electron chi connectivity index (χ2n) is 9.16. The number of nitrogens with one attached hydrogen (secondary N) is 2. The molecule has 4 rings (SSSR count). The molecule has 1 heterocycles. The zero-order chi connectivity index (χ0) is 29.0. The van der Waals surface area contributed by atoms with Gasteiger partial charge in [0.05, 0.1) is 36.9 Å². The molecule has 0 saturated carbocycles. The highest BCUT2D eigenvalue weighted by Gasteiger charge is 2.33.